The summed E-state index contributed by atoms with van der Waals surface area (Å²) in [7, 11) is 0. The number of anilines is 1. The molecule has 0 radical (unpaired) electrons. The number of halogens is 2. The summed E-state index contributed by atoms with van der Waals surface area (Å²) in [4.78, 5) is 14.4. The van der Waals surface area contributed by atoms with Gasteiger partial charge in [0, 0.05) is 10.5 Å². The summed E-state index contributed by atoms with van der Waals surface area (Å²) < 4.78 is 14.4. The van der Waals surface area contributed by atoms with E-state index in [1.165, 1.54) is 6.07 Å². The van der Waals surface area contributed by atoms with Crippen LogP contribution in [-0.2, 0) is 4.79 Å². The number of carbonyl (C=O) groups is 1. The van der Waals surface area contributed by atoms with Crippen molar-refractivity contribution in [1.82, 2.24) is 10.2 Å². The molecule has 1 amide bonds. The summed E-state index contributed by atoms with van der Waals surface area (Å²) in [5, 5.41) is 6.01. The first-order chi connectivity index (χ1) is 10.6. The molecule has 0 aliphatic carbocycles. The van der Waals surface area contributed by atoms with Crippen molar-refractivity contribution in [1.29, 1.82) is 0 Å². The minimum atomic E-state index is -0.424. The third-order valence-corrected chi connectivity index (χ3v) is 4.38. The van der Waals surface area contributed by atoms with Crippen LogP contribution in [0.5, 0.6) is 0 Å². The summed E-state index contributed by atoms with van der Waals surface area (Å²) in [6, 6.07) is 5.08. The van der Waals surface area contributed by atoms with Crippen LogP contribution in [0.25, 0.3) is 0 Å². The summed E-state index contributed by atoms with van der Waals surface area (Å²) in [5.41, 5.74) is 0.231. The van der Waals surface area contributed by atoms with Crippen LogP contribution in [0, 0.1) is 5.82 Å². The van der Waals surface area contributed by atoms with Gasteiger partial charge >= 0.3 is 0 Å². The molecule has 2 rings (SSSR count). The molecule has 6 heteroatoms. The maximum Gasteiger partial charge on any atom is 0.238 e. The Morgan fingerprint density at radius 2 is 2.18 bits per heavy atom. The zero-order valence-corrected chi connectivity index (χ0v) is 14.5. The first-order valence-electron chi connectivity index (χ1n) is 7.80. The summed E-state index contributed by atoms with van der Waals surface area (Å²) in [6.07, 6.45) is 3.11. The summed E-state index contributed by atoms with van der Waals surface area (Å²) >= 11 is 3.21. The molecule has 0 aromatic heterocycles. The minimum absolute atomic E-state index is 0.159. The van der Waals surface area contributed by atoms with Gasteiger partial charge in [0.25, 0.3) is 0 Å². The molecule has 0 bridgehead atoms. The average Bonchev–Trinajstić information content (AvgIpc) is 2.50. The highest BCUT2D eigenvalue weighted by atomic mass is 79.9. The van der Waals surface area contributed by atoms with Gasteiger partial charge in [-0.2, -0.15) is 0 Å². The Kier molecular flexibility index (Phi) is 6.79. The highest BCUT2D eigenvalue weighted by Gasteiger charge is 2.22. The third-order valence-electron chi connectivity index (χ3n) is 3.89. The molecule has 122 valence electrons. The Morgan fingerprint density at radius 3 is 2.82 bits per heavy atom. The van der Waals surface area contributed by atoms with E-state index in [2.05, 4.69) is 38.4 Å². The van der Waals surface area contributed by atoms with E-state index in [1.54, 1.807) is 12.1 Å². The lowest BCUT2D eigenvalue weighted by Crippen LogP contribution is -2.46. The fourth-order valence-corrected chi connectivity index (χ4v) is 3.15. The topological polar surface area (TPSA) is 44.4 Å². The summed E-state index contributed by atoms with van der Waals surface area (Å²) in [5.74, 6) is -0.583. The van der Waals surface area contributed by atoms with Crippen molar-refractivity contribution in [2.45, 2.75) is 32.2 Å². The smallest absolute Gasteiger partial charge is 0.238 e. The fraction of sp³-hybridized carbons (Fsp3) is 0.562. The molecule has 4 nitrogen and oxygen atoms in total. The number of amides is 1. The summed E-state index contributed by atoms with van der Waals surface area (Å²) in [6.45, 7) is 5.30. The van der Waals surface area contributed by atoms with E-state index in [4.69, 9.17) is 0 Å². The lowest BCUT2D eigenvalue weighted by atomic mass is 10.0. The van der Waals surface area contributed by atoms with Gasteiger partial charge in [-0.3, -0.25) is 9.69 Å². The molecule has 1 aromatic carbocycles. The van der Waals surface area contributed by atoms with E-state index in [1.807, 2.05) is 0 Å². The number of piperidine rings is 1. The number of hydrogen-bond donors (Lipinski definition) is 2. The van der Waals surface area contributed by atoms with Crippen LogP contribution in [0.3, 0.4) is 0 Å². The number of hydrogen-bond acceptors (Lipinski definition) is 3. The van der Waals surface area contributed by atoms with Gasteiger partial charge in [0.2, 0.25) is 5.91 Å². The molecule has 0 saturated carbocycles. The predicted octanol–water partition coefficient (Wildman–Crippen LogP) is 2.99. The average molecular weight is 372 g/mol. The van der Waals surface area contributed by atoms with Crippen molar-refractivity contribution in [2.75, 3.05) is 31.5 Å². The van der Waals surface area contributed by atoms with Crippen LogP contribution < -0.4 is 10.6 Å². The molecule has 0 atom stereocenters. The molecule has 1 saturated heterocycles. The van der Waals surface area contributed by atoms with Crippen molar-refractivity contribution in [3.8, 4) is 0 Å². The second-order valence-corrected chi connectivity index (χ2v) is 6.54. The first-order valence-corrected chi connectivity index (χ1v) is 8.59. The maximum absolute atomic E-state index is 13.8. The van der Waals surface area contributed by atoms with Crippen LogP contribution in [0.15, 0.2) is 22.7 Å². The zero-order chi connectivity index (χ0) is 15.9. The molecule has 2 N–H and O–H groups in total. The second kappa shape index (κ2) is 8.60. The Balaban J connectivity index is 1.95. The lowest BCUT2D eigenvalue weighted by Gasteiger charge is -2.34. The quantitative estimate of drug-likeness (QED) is 0.807. The number of nitrogens with zero attached hydrogens (tertiary/aromatic N) is 1. The number of benzene rings is 1. The number of nitrogens with one attached hydrogen (secondary N) is 2. The van der Waals surface area contributed by atoms with Crippen molar-refractivity contribution in [2.24, 2.45) is 0 Å². The van der Waals surface area contributed by atoms with Crippen LogP contribution >= 0.6 is 15.9 Å². The van der Waals surface area contributed by atoms with Gasteiger partial charge < -0.3 is 10.6 Å². The van der Waals surface area contributed by atoms with Crippen molar-refractivity contribution >= 4 is 27.5 Å². The van der Waals surface area contributed by atoms with E-state index >= 15 is 0 Å². The zero-order valence-electron chi connectivity index (χ0n) is 12.9. The first kappa shape index (κ1) is 17.4. The largest absolute Gasteiger partial charge is 0.322 e. The Morgan fingerprint density at radius 1 is 1.45 bits per heavy atom. The molecule has 1 aliphatic rings. The van der Waals surface area contributed by atoms with E-state index in [-0.39, 0.29) is 11.6 Å². The molecule has 0 unspecified atom stereocenters. The van der Waals surface area contributed by atoms with Gasteiger partial charge in [-0.25, -0.2) is 4.39 Å². The van der Waals surface area contributed by atoms with Crippen LogP contribution in [0.4, 0.5) is 10.1 Å². The van der Waals surface area contributed by atoms with Gasteiger partial charge in [0.05, 0.1) is 12.2 Å². The Hall–Kier alpha value is -0.980. The molecular formula is C16H23BrFN3O. The normalized spacial score (nSPS) is 16.0. The Bertz CT molecular complexity index is 506. The minimum Gasteiger partial charge on any atom is -0.322 e. The Labute approximate surface area is 139 Å². The molecule has 1 fully saturated rings. The molecule has 22 heavy (non-hydrogen) atoms. The van der Waals surface area contributed by atoms with Crippen molar-refractivity contribution in [3.05, 3.63) is 28.5 Å². The van der Waals surface area contributed by atoms with Gasteiger partial charge in [-0.05, 0) is 57.1 Å². The van der Waals surface area contributed by atoms with Gasteiger partial charge in [-0.1, -0.05) is 22.9 Å². The molecular weight excluding hydrogens is 349 g/mol. The second-order valence-electron chi connectivity index (χ2n) is 5.62. The number of carbonyl (C=O) groups excluding carboxylic acids is 1. The van der Waals surface area contributed by atoms with E-state index < -0.39 is 5.82 Å². The molecule has 1 aromatic rings. The van der Waals surface area contributed by atoms with Crippen LogP contribution in [-0.4, -0.2) is 43.0 Å². The molecule has 1 heterocycles. The SMILES string of the molecule is CCCN(CC(=O)Nc1ccc(Br)cc1F)C1CCNCC1. The van der Waals surface area contributed by atoms with Crippen LogP contribution in [0.2, 0.25) is 0 Å². The van der Waals surface area contributed by atoms with Gasteiger partial charge in [0.1, 0.15) is 5.82 Å². The third kappa shape index (κ3) is 5.04. The standard InChI is InChI=1S/C16H23BrFN3O/c1-2-9-21(13-5-7-19-8-6-13)11-16(22)20-15-4-3-12(17)10-14(15)18/h3-4,10,13,19H,2,5-9,11H2,1H3,(H,20,22). The number of rotatable bonds is 6. The van der Waals surface area contributed by atoms with Crippen LogP contribution in [0.1, 0.15) is 26.2 Å². The molecule has 1 aliphatic heterocycles. The van der Waals surface area contributed by atoms with Gasteiger partial charge in [0.15, 0.2) is 0 Å². The fourth-order valence-electron chi connectivity index (χ4n) is 2.81. The predicted molar refractivity (Wildman–Crippen MR) is 90.5 cm³/mol. The highest BCUT2D eigenvalue weighted by Crippen LogP contribution is 2.19. The highest BCUT2D eigenvalue weighted by molar-refractivity contribution is 9.10. The monoisotopic (exact) mass is 371 g/mol. The van der Waals surface area contributed by atoms with Gasteiger partial charge in [-0.15, -0.1) is 0 Å². The maximum atomic E-state index is 13.8. The van der Waals surface area contributed by atoms with E-state index in [0.717, 1.165) is 38.9 Å². The lowest BCUT2D eigenvalue weighted by molar-refractivity contribution is -0.118. The van der Waals surface area contributed by atoms with E-state index in [0.29, 0.717) is 17.1 Å². The van der Waals surface area contributed by atoms with Crippen molar-refractivity contribution < 1.29 is 9.18 Å². The van der Waals surface area contributed by atoms with E-state index in [9.17, 15) is 9.18 Å². The van der Waals surface area contributed by atoms with Crippen molar-refractivity contribution in [3.63, 3.8) is 0 Å². The molecule has 0 spiro atoms.